The minimum atomic E-state index is 0.111. The van der Waals surface area contributed by atoms with Gasteiger partial charge in [0, 0.05) is 24.8 Å². The standard InChI is InChI=1S/C16H19N3O/c1-12-5-3-4-6-14(12)15-10-19(7-8-20-15)16-9-13(2)17-11-18-16/h3-6,9,11,15H,7-8,10H2,1-2H3. The molecule has 2 heterocycles. The number of hydrogen-bond acceptors (Lipinski definition) is 4. The Labute approximate surface area is 119 Å². The molecule has 4 heteroatoms. The van der Waals surface area contributed by atoms with Gasteiger partial charge >= 0.3 is 0 Å². The van der Waals surface area contributed by atoms with Gasteiger partial charge in [0.2, 0.25) is 0 Å². The van der Waals surface area contributed by atoms with Crippen molar-refractivity contribution in [3.8, 4) is 0 Å². The Morgan fingerprint density at radius 1 is 1.20 bits per heavy atom. The van der Waals surface area contributed by atoms with E-state index in [4.69, 9.17) is 4.74 Å². The van der Waals surface area contributed by atoms with E-state index in [1.54, 1.807) is 6.33 Å². The van der Waals surface area contributed by atoms with Gasteiger partial charge in [-0.1, -0.05) is 24.3 Å². The molecule has 1 aromatic heterocycles. The summed E-state index contributed by atoms with van der Waals surface area (Å²) in [6.45, 7) is 6.55. The fraction of sp³-hybridized carbons (Fsp3) is 0.375. The van der Waals surface area contributed by atoms with Crippen LogP contribution in [-0.2, 0) is 4.74 Å². The molecule has 0 spiro atoms. The van der Waals surface area contributed by atoms with E-state index >= 15 is 0 Å². The number of aryl methyl sites for hydroxylation is 2. The van der Waals surface area contributed by atoms with Gasteiger partial charge in [0.1, 0.15) is 18.2 Å². The van der Waals surface area contributed by atoms with Crippen molar-refractivity contribution in [1.82, 2.24) is 9.97 Å². The molecular formula is C16H19N3O. The average molecular weight is 269 g/mol. The molecule has 20 heavy (non-hydrogen) atoms. The molecule has 104 valence electrons. The number of anilines is 1. The number of ether oxygens (including phenoxy) is 1. The topological polar surface area (TPSA) is 38.2 Å². The van der Waals surface area contributed by atoms with Gasteiger partial charge in [0.05, 0.1) is 6.61 Å². The molecule has 0 saturated carbocycles. The van der Waals surface area contributed by atoms with E-state index in [0.29, 0.717) is 0 Å². The summed E-state index contributed by atoms with van der Waals surface area (Å²) >= 11 is 0. The first kappa shape index (κ1) is 13.1. The quantitative estimate of drug-likeness (QED) is 0.840. The molecule has 0 amide bonds. The number of benzene rings is 1. The maximum Gasteiger partial charge on any atom is 0.132 e. The van der Waals surface area contributed by atoms with Gasteiger partial charge < -0.3 is 9.64 Å². The van der Waals surface area contributed by atoms with Crippen molar-refractivity contribution < 1.29 is 4.74 Å². The highest BCUT2D eigenvalue weighted by atomic mass is 16.5. The SMILES string of the molecule is Cc1cc(N2CCOC(c3ccccc3C)C2)ncn1. The van der Waals surface area contributed by atoms with Crippen LogP contribution in [-0.4, -0.2) is 29.7 Å². The molecule has 1 aliphatic rings. The lowest BCUT2D eigenvalue weighted by molar-refractivity contribution is 0.0391. The number of aromatic nitrogens is 2. The summed E-state index contributed by atoms with van der Waals surface area (Å²) in [5, 5.41) is 0. The van der Waals surface area contributed by atoms with Gasteiger partial charge in [-0.2, -0.15) is 0 Å². The molecule has 1 atom stereocenters. The van der Waals surface area contributed by atoms with Crippen LogP contribution in [0.2, 0.25) is 0 Å². The lowest BCUT2D eigenvalue weighted by Gasteiger charge is -2.34. The highest BCUT2D eigenvalue weighted by Crippen LogP contribution is 2.27. The lowest BCUT2D eigenvalue weighted by Crippen LogP contribution is -2.39. The summed E-state index contributed by atoms with van der Waals surface area (Å²) < 4.78 is 5.94. The highest BCUT2D eigenvalue weighted by Gasteiger charge is 2.23. The third-order valence-corrected chi connectivity index (χ3v) is 3.72. The monoisotopic (exact) mass is 269 g/mol. The molecule has 0 aliphatic carbocycles. The normalized spacial score (nSPS) is 19.1. The molecule has 1 aliphatic heterocycles. The molecule has 1 saturated heterocycles. The van der Waals surface area contributed by atoms with Crippen LogP contribution in [0.3, 0.4) is 0 Å². The van der Waals surface area contributed by atoms with Crippen molar-refractivity contribution in [1.29, 1.82) is 0 Å². The van der Waals surface area contributed by atoms with Crippen LogP contribution in [0.4, 0.5) is 5.82 Å². The maximum absolute atomic E-state index is 5.94. The van der Waals surface area contributed by atoms with Crippen LogP contribution in [0.25, 0.3) is 0 Å². The Morgan fingerprint density at radius 2 is 2.05 bits per heavy atom. The highest BCUT2D eigenvalue weighted by molar-refractivity contribution is 5.40. The summed E-state index contributed by atoms with van der Waals surface area (Å²) in [7, 11) is 0. The van der Waals surface area contributed by atoms with Crippen LogP contribution >= 0.6 is 0 Å². The van der Waals surface area contributed by atoms with Gasteiger partial charge in [0.15, 0.2) is 0 Å². The smallest absolute Gasteiger partial charge is 0.132 e. The second-order valence-corrected chi connectivity index (χ2v) is 5.18. The largest absolute Gasteiger partial charge is 0.370 e. The Bertz CT molecular complexity index is 600. The molecule has 2 aromatic rings. The molecular weight excluding hydrogens is 250 g/mol. The first-order valence-corrected chi connectivity index (χ1v) is 6.95. The summed E-state index contributed by atoms with van der Waals surface area (Å²) in [4.78, 5) is 10.8. The van der Waals surface area contributed by atoms with E-state index < -0.39 is 0 Å². The molecule has 0 N–H and O–H groups in total. The minimum Gasteiger partial charge on any atom is -0.370 e. The van der Waals surface area contributed by atoms with E-state index in [1.807, 2.05) is 13.0 Å². The number of morpholine rings is 1. The second-order valence-electron chi connectivity index (χ2n) is 5.18. The zero-order valence-corrected chi connectivity index (χ0v) is 11.9. The van der Waals surface area contributed by atoms with E-state index in [-0.39, 0.29) is 6.10 Å². The second kappa shape index (κ2) is 5.59. The lowest BCUT2D eigenvalue weighted by atomic mass is 10.0. The molecule has 0 bridgehead atoms. The van der Waals surface area contributed by atoms with E-state index in [2.05, 4.69) is 46.1 Å². The first-order chi connectivity index (χ1) is 9.74. The number of nitrogens with zero attached hydrogens (tertiary/aromatic N) is 3. The van der Waals surface area contributed by atoms with Crippen LogP contribution in [0.1, 0.15) is 22.9 Å². The zero-order chi connectivity index (χ0) is 13.9. The summed E-state index contributed by atoms with van der Waals surface area (Å²) in [6.07, 6.45) is 1.74. The van der Waals surface area contributed by atoms with Crippen molar-refractivity contribution >= 4 is 5.82 Å². The number of hydrogen-bond donors (Lipinski definition) is 0. The molecule has 3 rings (SSSR count). The van der Waals surface area contributed by atoms with E-state index in [0.717, 1.165) is 31.2 Å². The predicted octanol–water partition coefficient (Wildman–Crippen LogP) is 2.67. The van der Waals surface area contributed by atoms with Gasteiger partial charge in [0.25, 0.3) is 0 Å². The van der Waals surface area contributed by atoms with Crippen molar-refractivity contribution in [2.75, 3.05) is 24.6 Å². The maximum atomic E-state index is 5.94. The van der Waals surface area contributed by atoms with Gasteiger partial charge in [-0.3, -0.25) is 0 Å². The molecule has 4 nitrogen and oxygen atoms in total. The molecule has 1 unspecified atom stereocenters. The van der Waals surface area contributed by atoms with Gasteiger partial charge in [-0.05, 0) is 25.0 Å². The Hall–Kier alpha value is -1.94. The van der Waals surface area contributed by atoms with Gasteiger partial charge in [-0.15, -0.1) is 0 Å². The van der Waals surface area contributed by atoms with E-state index in [1.165, 1.54) is 11.1 Å². The fourth-order valence-corrected chi connectivity index (χ4v) is 2.61. The Morgan fingerprint density at radius 3 is 2.85 bits per heavy atom. The minimum absolute atomic E-state index is 0.111. The zero-order valence-electron chi connectivity index (χ0n) is 11.9. The predicted molar refractivity (Wildman–Crippen MR) is 78.9 cm³/mol. The van der Waals surface area contributed by atoms with Crippen LogP contribution in [0.15, 0.2) is 36.7 Å². The average Bonchev–Trinajstić information content (AvgIpc) is 2.48. The van der Waals surface area contributed by atoms with Crippen molar-refractivity contribution in [3.05, 3.63) is 53.5 Å². The third-order valence-electron chi connectivity index (χ3n) is 3.72. The first-order valence-electron chi connectivity index (χ1n) is 6.95. The molecule has 1 aromatic carbocycles. The van der Waals surface area contributed by atoms with Crippen molar-refractivity contribution in [2.24, 2.45) is 0 Å². The summed E-state index contributed by atoms with van der Waals surface area (Å²) in [5.74, 6) is 0.986. The number of rotatable bonds is 2. The van der Waals surface area contributed by atoms with Crippen LogP contribution in [0.5, 0.6) is 0 Å². The van der Waals surface area contributed by atoms with Crippen molar-refractivity contribution in [3.63, 3.8) is 0 Å². The van der Waals surface area contributed by atoms with E-state index in [9.17, 15) is 0 Å². The fourth-order valence-electron chi connectivity index (χ4n) is 2.61. The Balaban J connectivity index is 1.82. The molecule has 1 fully saturated rings. The molecule has 0 radical (unpaired) electrons. The van der Waals surface area contributed by atoms with Crippen LogP contribution in [0, 0.1) is 13.8 Å². The van der Waals surface area contributed by atoms with Crippen LogP contribution < -0.4 is 4.90 Å². The Kier molecular flexibility index (Phi) is 3.65. The van der Waals surface area contributed by atoms with Crippen molar-refractivity contribution in [2.45, 2.75) is 20.0 Å². The van der Waals surface area contributed by atoms with Gasteiger partial charge in [-0.25, -0.2) is 9.97 Å². The third kappa shape index (κ3) is 2.65. The summed E-state index contributed by atoms with van der Waals surface area (Å²) in [6, 6.07) is 10.4. The summed E-state index contributed by atoms with van der Waals surface area (Å²) in [5.41, 5.74) is 3.54.